The Balaban J connectivity index is 2.18. The highest BCUT2D eigenvalue weighted by atomic mass is 28.2. The van der Waals surface area contributed by atoms with Gasteiger partial charge in [0.15, 0.2) is 0 Å². The molecular formula is C16H21NSi. The lowest BCUT2D eigenvalue weighted by atomic mass is 10.0. The van der Waals surface area contributed by atoms with Crippen molar-refractivity contribution in [1.29, 1.82) is 0 Å². The van der Waals surface area contributed by atoms with Crippen LogP contribution in [0.15, 0.2) is 60.7 Å². The molecule has 2 heteroatoms. The lowest BCUT2D eigenvalue weighted by molar-refractivity contribution is 0.915. The van der Waals surface area contributed by atoms with Crippen LogP contribution >= 0.6 is 0 Å². The second-order valence-electron chi connectivity index (χ2n) is 4.66. The van der Waals surface area contributed by atoms with Gasteiger partial charge in [-0.25, -0.2) is 0 Å². The van der Waals surface area contributed by atoms with Crippen LogP contribution in [-0.2, 0) is 0 Å². The highest BCUT2D eigenvalue weighted by Crippen LogP contribution is 2.24. The van der Waals surface area contributed by atoms with Crippen molar-refractivity contribution < 1.29 is 0 Å². The molecular weight excluding hydrogens is 234 g/mol. The Labute approximate surface area is 112 Å². The summed E-state index contributed by atoms with van der Waals surface area (Å²) in [5, 5.41) is 0. The Morgan fingerprint density at radius 3 is 1.78 bits per heavy atom. The standard InChI is InChI=1S/C16H21NSi/c17-12-7-13-18-16(14-8-3-1-4-9-14)15-10-5-2-6-11-15/h1-6,8-11,16H,7,12-13,17-18H2. The Hall–Kier alpha value is -1.38. The first-order valence-corrected chi connectivity index (χ1v) is 8.53. The molecule has 0 saturated heterocycles. The summed E-state index contributed by atoms with van der Waals surface area (Å²) in [5.41, 5.74) is 9.18. The van der Waals surface area contributed by atoms with E-state index in [0.717, 1.165) is 6.54 Å². The Morgan fingerprint density at radius 1 is 0.833 bits per heavy atom. The largest absolute Gasteiger partial charge is 0.330 e. The van der Waals surface area contributed by atoms with E-state index in [4.69, 9.17) is 5.73 Å². The molecule has 0 bridgehead atoms. The van der Waals surface area contributed by atoms with E-state index in [9.17, 15) is 0 Å². The summed E-state index contributed by atoms with van der Waals surface area (Å²) in [6.45, 7) is 0.823. The van der Waals surface area contributed by atoms with Crippen molar-refractivity contribution in [2.75, 3.05) is 6.54 Å². The summed E-state index contributed by atoms with van der Waals surface area (Å²) in [4.78, 5) is 0. The summed E-state index contributed by atoms with van der Waals surface area (Å²) in [7, 11) is -0.162. The van der Waals surface area contributed by atoms with Gasteiger partial charge in [-0.2, -0.15) is 0 Å². The van der Waals surface area contributed by atoms with Crippen LogP contribution in [-0.4, -0.2) is 16.1 Å². The first-order valence-electron chi connectivity index (χ1n) is 6.72. The molecule has 1 nitrogen and oxygen atoms in total. The van der Waals surface area contributed by atoms with Crippen LogP contribution in [0.2, 0.25) is 6.04 Å². The second kappa shape index (κ2) is 7.14. The molecule has 0 fully saturated rings. The normalized spacial score (nSPS) is 11.4. The summed E-state index contributed by atoms with van der Waals surface area (Å²) in [6, 6.07) is 23.1. The minimum absolute atomic E-state index is 0.162. The van der Waals surface area contributed by atoms with Gasteiger partial charge >= 0.3 is 0 Å². The van der Waals surface area contributed by atoms with Crippen molar-refractivity contribution in [1.82, 2.24) is 0 Å². The highest BCUT2D eigenvalue weighted by Gasteiger charge is 2.13. The average Bonchev–Trinajstić information content (AvgIpc) is 2.46. The third-order valence-corrected chi connectivity index (χ3v) is 5.78. The van der Waals surface area contributed by atoms with Crippen LogP contribution in [0, 0.1) is 0 Å². The first kappa shape index (κ1) is 13.1. The lowest BCUT2D eigenvalue weighted by Crippen LogP contribution is -2.11. The molecule has 0 aromatic heterocycles. The molecule has 0 heterocycles. The van der Waals surface area contributed by atoms with Crippen molar-refractivity contribution in [3.63, 3.8) is 0 Å². The second-order valence-corrected chi connectivity index (χ2v) is 6.76. The summed E-state index contributed by atoms with van der Waals surface area (Å²) < 4.78 is 0. The lowest BCUT2D eigenvalue weighted by Gasteiger charge is -2.17. The zero-order valence-electron chi connectivity index (χ0n) is 10.8. The van der Waals surface area contributed by atoms with E-state index in [-0.39, 0.29) is 9.52 Å². The van der Waals surface area contributed by atoms with Gasteiger partial charge in [-0.05, 0) is 29.6 Å². The minimum atomic E-state index is -0.162. The topological polar surface area (TPSA) is 26.0 Å². The van der Waals surface area contributed by atoms with Crippen molar-refractivity contribution in [2.45, 2.75) is 18.0 Å². The Bertz CT molecular complexity index is 402. The molecule has 2 rings (SSSR count). The van der Waals surface area contributed by atoms with E-state index >= 15 is 0 Å². The molecule has 2 aromatic carbocycles. The van der Waals surface area contributed by atoms with Gasteiger partial charge < -0.3 is 5.73 Å². The molecule has 0 aliphatic rings. The summed E-state index contributed by atoms with van der Waals surface area (Å²) in [6.07, 6.45) is 1.17. The molecule has 0 radical (unpaired) electrons. The maximum Gasteiger partial charge on any atom is 0.0343 e. The Morgan fingerprint density at radius 2 is 1.33 bits per heavy atom. The maximum absolute atomic E-state index is 5.61. The molecule has 18 heavy (non-hydrogen) atoms. The summed E-state index contributed by atoms with van der Waals surface area (Å²) in [5.74, 6) is 0. The SMILES string of the molecule is NCCC[SiH2]C(c1ccccc1)c1ccccc1. The molecule has 0 spiro atoms. The molecule has 0 amide bonds. The van der Waals surface area contributed by atoms with Crippen LogP contribution in [0.5, 0.6) is 0 Å². The van der Waals surface area contributed by atoms with Crippen LogP contribution < -0.4 is 5.73 Å². The van der Waals surface area contributed by atoms with E-state index in [1.54, 1.807) is 0 Å². The van der Waals surface area contributed by atoms with E-state index in [1.807, 2.05) is 0 Å². The fourth-order valence-corrected chi connectivity index (χ4v) is 4.59. The van der Waals surface area contributed by atoms with E-state index < -0.39 is 0 Å². The number of hydrogen-bond donors (Lipinski definition) is 1. The molecule has 0 atom stereocenters. The predicted molar refractivity (Wildman–Crippen MR) is 81.7 cm³/mol. The van der Waals surface area contributed by atoms with Gasteiger partial charge in [0.05, 0.1) is 0 Å². The number of nitrogens with two attached hydrogens (primary N) is 1. The number of hydrogen-bond acceptors (Lipinski definition) is 1. The van der Waals surface area contributed by atoms with Crippen LogP contribution in [0.25, 0.3) is 0 Å². The molecule has 0 aliphatic carbocycles. The molecule has 2 aromatic rings. The van der Waals surface area contributed by atoms with Gasteiger partial charge in [-0.15, -0.1) is 0 Å². The van der Waals surface area contributed by atoms with Gasteiger partial charge in [0.2, 0.25) is 0 Å². The summed E-state index contributed by atoms with van der Waals surface area (Å²) >= 11 is 0. The van der Waals surface area contributed by atoms with Crippen molar-refractivity contribution in [3.8, 4) is 0 Å². The van der Waals surface area contributed by atoms with Gasteiger partial charge in [-0.1, -0.05) is 66.7 Å². The van der Waals surface area contributed by atoms with Gasteiger partial charge in [0.1, 0.15) is 0 Å². The molecule has 94 valence electrons. The smallest absolute Gasteiger partial charge is 0.0343 e. The highest BCUT2D eigenvalue weighted by molar-refractivity contribution is 6.39. The van der Waals surface area contributed by atoms with Gasteiger partial charge in [-0.3, -0.25) is 0 Å². The fraction of sp³-hybridized carbons (Fsp3) is 0.250. The maximum atomic E-state index is 5.61. The van der Waals surface area contributed by atoms with Crippen LogP contribution in [0.4, 0.5) is 0 Å². The van der Waals surface area contributed by atoms with Crippen molar-refractivity contribution in [3.05, 3.63) is 71.8 Å². The molecule has 0 unspecified atom stereocenters. The number of benzene rings is 2. The third kappa shape index (κ3) is 3.55. The predicted octanol–water partition coefficient (Wildman–Crippen LogP) is 2.71. The average molecular weight is 255 g/mol. The third-order valence-electron chi connectivity index (χ3n) is 3.35. The zero-order chi connectivity index (χ0) is 12.6. The quantitative estimate of drug-likeness (QED) is 0.623. The Kier molecular flexibility index (Phi) is 5.18. The fourth-order valence-electron chi connectivity index (χ4n) is 2.39. The van der Waals surface area contributed by atoms with Gasteiger partial charge in [0.25, 0.3) is 0 Å². The molecule has 2 N–H and O–H groups in total. The van der Waals surface area contributed by atoms with Gasteiger partial charge in [0, 0.05) is 9.52 Å². The minimum Gasteiger partial charge on any atom is -0.330 e. The van der Waals surface area contributed by atoms with Crippen LogP contribution in [0.1, 0.15) is 23.1 Å². The van der Waals surface area contributed by atoms with E-state index in [0.29, 0.717) is 5.54 Å². The van der Waals surface area contributed by atoms with E-state index in [2.05, 4.69) is 60.7 Å². The molecule has 0 saturated carbocycles. The molecule has 0 aliphatic heterocycles. The van der Waals surface area contributed by atoms with E-state index in [1.165, 1.54) is 23.6 Å². The monoisotopic (exact) mass is 255 g/mol. The van der Waals surface area contributed by atoms with Crippen molar-refractivity contribution in [2.24, 2.45) is 5.73 Å². The van der Waals surface area contributed by atoms with Crippen molar-refractivity contribution >= 4 is 9.52 Å². The number of rotatable bonds is 6. The first-order chi connectivity index (χ1) is 8.92. The van der Waals surface area contributed by atoms with Crippen LogP contribution in [0.3, 0.4) is 0 Å². The zero-order valence-corrected chi connectivity index (χ0v) is 12.2.